The summed E-state index contributed by atoms with van der Waals surface area (Å²) in [6, 6.07) is 12.8. The van der Waals surface area contributed by atoms with Crippen molar-refractivity contribution in [2.45, 2.75) is 334 Å². The molecule has 0 radical (unpaired) electrons. The van der Waals surface area contributed by atoms with Crippen molar-refractivity contribution in [3.63, 3.8) is 0 Å². The first-order valence-electron chi connectivity index (χ1n) is 43.6. The van der Waals surface area contributed by atoms with Gasteiger partial charge in [0, 0.05) is 92.4 Å². The molecule has 8 bridgehead atoms. The molecule has 0 fully saturated rings. The number of rotatable bonds is 68. The molecule has 648 valence electrons. The Morgan fingerprint density at radius 1 is 0.190 bits per heavy atom. The highest BCUT2D eigenvalue weighted by molar-refractivity contribution is 5.74. The van der Waals surface area contributed by atoms with E-state index in [1.807, 2.05) is 0 Å². The fraction of sp³-hybridized carbons (Fsp3) is 0.652. The SMILES string of the molecule is CCCCCCCCCCCCC1c2cc(c(OCC(=O)O)cc2OCC(=O)O)C(CCCCCCCCCCCC)c2cc(c(OCC(=O)O)cc2OCC(=O)O)C(CCCCCCCCCCCC)c2cc(c(OCC(=O)O)cc2OCC(=O)O)C(CCCCCCCCCCCC)c2cc1c(OCC(=O)O)cc2OCC(=O)O. The van der Waals surface area contributed by atoms with Gasteiger partial charge >= 0.3 is 47.8 Å². The summed E-state index contributed by atoms with van der Waals surface area (Å²) in [5.41, 5.74) is 2.43. The van der Waals surface area contributed by atoms with Gasteiger partial charge in [0.25, 0.3) is 0 Å². The van der Waals surface area contributed by atoms with Crippen molar-refractivity contribution in [1.29, 1.82) is 0 Å². The lowest BCUT2D eigenvalue weighted by Crippen LogP contribution is -2.20. The van der Waals surface area contributed by atoms with E-state index in [-0.39, 0.29) is 71.7 Å². The Morgan fingerprint density at radius 3 is 0.414 bits per heavy atom. The van der Waals surface area contributed by atoms with Gasteiger partial charge in [0.1, 0.15) is 46.0 Å². The van der Waals surface area contributed by atoms with Gasteiger partial charge in [-0.05, 0) is 49.9 Å². The first-order valence-corrected chi connectivity index (χ1v) is 43.6. The predicted octanol–water partition coefficient (Wildman–Crippen LogP) is 21.5. The van der Waals surface area contributed by atoms with E-state index in [1.54, 1.807) is 24.3 Å². The Labute approximate surface area is 687 Å². The Balaban J connectivity index is 2.16. The average Bonchev–Trinajstić information content (AvgIpc) is 0.746. The summed E-state index contributed by atoms with van der Waals surface area (Å²) in [6.45, 7) is 1.32. The quantitative estimate of drug-likeness (QED) is 0.0190. The highest BCUT2D eigenvalue weighted by atomic mass is 16.5. The van der Waals surface area contributed by atoms with Crippen molar-refractivity contribution in [3.05, 3.63) is 93.0 Å². The van der Waals surface area contributed by atoms with Crippen molar-refractivity contribution in [1.82, 2.24) is 0 Å². The third-order valence-electron chi connectivity index (χ3n) is 21.8. The summed E-state index contributed by atoms with van der Waals surface area (Å²) >= 11 is 0. The molecule has 0 heterocycles. The average molecular weight is 1630 g/mol. The van der Waals surface area contributed by atoms with E-state index in [4.69, 9.17) is 37.9 Å². The van der Waals surface area contributed by atoms with Crippen molar-refractivity contribution in [2.75, 3.05) is 52.9 Å². The fourth-order valence-corrected chi connectivity index (χ4v) is 15.9. The van der Waals surface area contributed by atoms with Gasteiger partial charge in [-0.3, -0.25) is 0 Å². The Morgan fingerprint density at radius 2 is 0.302 bits per heavy atom. The van der Waals surface area contributed by atoms with E-state index in [1.165, 1.54) is 24.3 Å². The number of carboxylic acid groups (broad SMARTS) is 8. The lowest BCUT2D eigenvalue weighted by atomic mass is 9.76. The van der Waals surface area contributed by atoms with Crippen LogP contribution in [0.15, 0.2) is 48.5 Å². The number of ether oxygens (including phenoxy) is 8. The van der Waals surface area contributed by atoms with Crippen LogP contribution >= 0.6 is 0 Å². The normalized spacial score (nSPS) is 14.3. The van der Waals surface area contributed by atoms with Gasteiger partial charge in [-0.1, -0.05) is 285 Å². The highest BCUT2D eigenvalue weighted by Gasteiger charge is 2.37. The Kier molecular flexibility index (Phi) is 48.1. The van der Waals surface area contributed by atoms with E-state index < -0.39 is 124 Å². The number of aliphatic carboxylic acids is 8. The third-order valence-corrected chi connectivity index (χ3v) is 21.8. The second-order valence-electron chi connectivity index (χ2n) is 31.3. The molecule has 0 saturated heterocycles. The summed E-state index contributed by atoms with van der Waals surface area (Å²) in [7, 11) is 0. The number of carboxylic acids is 8. The molecule has 24 nitrogen and oxygen atoms in total. The second-order valence-corrected chi connectivity index (χ2v) is 31.3. The van der Waals surface area contributed by atoms with Crippen LogP contribution in [-0.4, -0.2) is 141 Å². The molecule has 0 saturated carbocycles. The maximum Gasteiger partial charge on any atom is 0.341 e. The van der Waals surface area contributed by atoms with Crippen LogP contribution < -0.4 is 37.9 Å². The minimum Gasteiger partial charge on any atom is -0.481 e. The van der Waals surface area contributed by atoms with Gasteiger partial charge in [-0.25, -0.2) is 38.4 Å². The molecule has 0 atom stereocenters. The lowest BCUT2D eigenvalue weighted by molar-refractivity contribution is -0.140. The van der Waals surface area contributed by atoms with Crippen molar-refractivity contribution in [3.8, 4) is 46.0 Å². The smallest absolute Gasteiger partial charge is 0.341 e. The summed E-state index contributed by atoms with van der Waals surface area (Å²) in [5.74, 6) is -15.6. The lowest BCUT2D eigenvalue weighted by Gasteiger charge is -2.32. The first kappa shape index (κ1) is 97.6. The van der Waals surface area contributed by atoms with Crippen LogP contribution in [-0.2, 0) is 38.4 Å². The molecule has 0 amide bonds. The number of fused-ring (bicyclic) bond motifs is 8. The molecular formula is C92H136O24. The maximum absolute atomic E-state index is 13.0. The number of hydrogen-bond acceptors (Lipinski definition) is 16. The van der Waals surface area contributed by atoms with Crippen molar-refractivity contribution < 1.29 is 117 Å². The van der Waals surface area contributed by atoms with E-state index in [9.17, 15) is 79.2 Å². The standard InChI is InChI=1S/C92H136O24/c1-5-9-13-17-21-25-29-33-37-41-45-65-69-49-71(79(111-59-87(97)98)53-77(69)109-57-85(93)94)66(46-42-38-34-30-26-22-18-14-10-6-2)73-51-75(83(115-63-91(105)106)55-81(73)113-61-89(101)102)68(48-44-40-36-32-28-24-20-16-12-8-4)76-52-74(82(114-62-90(103)104)56-84(76)116-64-92(107)108)67(47-43-39-35-31-27-23-19-15-11-7-3)72-50-70(65)78(110-58-86(95)96)54-80(72)112-60-88(99)100/h49-56,65-68H,5-48,57-64H2,1-4H3,(H,93,94)(H,95,96)(H,97,98)(H,99,100)(H,101,102)(H,103,104)(H,105,106)(H,107,108). The molecule has 8 N–H and O–H groups in total. The summed E-state index contributed by atoms with van der Waals surface area (Å²) in [4.78, 5) is 104. The molecule has 1 aliphatic carbocycles. The zero-order chi connectivity index (χ0) is 84.2. The van der Waals surface area contributed by atoms with Gasteiger partial charge in [0.05, 0.1) is 0 Å². The molecule has 0 spiro atoms. The summed E-state index contributed by atoms with van der Waals surface area (Å²) in [6.07, 6.45) is 38.7. The van der Waals surface area contributed by atoms with Gasteiger partial charge < -0.3 is 78.7 Å². The highest BCUT2D eigenvalue weighted by Crippen LogP contribution is 2.54. The van der Waals surface area contributed by atoms with E-state index >= 15 is 0 Å². The maximum atomic E-state index is 13.0. The van der Waals surface area contributed by atoms with Crippen LogP contribution in [0.1, 0.15) is 378 Å². The van der Waals surface area contributed by atoms with E-state index in [0.29, 0.717) is 95.9 Å². The number of hydrogen-bond donors (Lipinski definition) is 8. The topological polar surface area (TPSA) is 372 Å². The number of benzene rings is 4. The molecule has 0 unspecified atom stereocenters. The number of unbranched alkanes of at least 4 members (excludes halogenated alkanes) is 36. The van der Waals surface area contributed by atoms with Crippen molar-refractivity contribution in [2.24, 2.45) is 0 Å². The van der Waals surface area contributed by atoms with Gasteiger partial charge in [0.15, 0.2) is 52.9 Å². The minimum absolute atomic E-state index is 0.0748. The minimum atomic E-state index is -1.37. The van der Waals surface area contributed by atoms with Gasteiger partial charge in [0.2, 0.25) is 0 Å². The molecule has 1 aliphatic rings. The van der Waals surface area contributed by atoms with Crippen LogP contribution in [0.5, 0.6) is 46.0 Å². The summed E-state index contributed by atoms with van der Waals surface area (Å²) < 4.78 is 51.3. The first-order chi connectivity index (χ1) is 56.1. The Hall–Kier alpha value is -8.96. The summed E-state index contributed by atoms with van der Waals surface area (Å²) in [5, 5.41) is 84.6. The van der Waals surface area contributed by atoms with Crippen LogP contribution in [0.25, 0.3) is 0 Å². The van der Waals surface area contributed by atoms with Gasteiger partial charge in [-0.2, -0.15) is 0 Å². The monoisotopic (exact) mass is 1620 g/mol. The molecular weight excluding hydrogens is 1490 g/mol. The molecule has 116 heavy (non-hydrogen) atoms. The number of carbonyl (C=O) groups is 8. The predicted molar refractivity (Wildman–Crippen MR) is 444 cm³/mol. The molecule has 4 aromatic rings. The fourth-order valence-electron chi connectivity index (χ4n) is 15.9. The zero-order valence-corrected chi connectivity index (χ0v) is 69.8. The van der Waals surface area contributed by atoms with Crippen LogP contribution in [0.2, 0.25) is 0 Å². The van der Waals surface area contributed by atoms with Gasteiger partial charge in [-0.15, -0.1) is 0 Å². The largest absolute Gasteiger partial charge is 0.481 e. The van der Waals surface area contributed by atoms with Crippen LogP contribution in [0.3, 0.4) is 0 Å². The van der Waals surface area contributed by atoms with E-state index in [0.717, 1.165) is 205 Å². The molecule has 0 aliphatic heterocycles. The van der Waals surface area contributed by atoms with Crippen LogP contribution in [0, 0.1) is 0 Å². The molecule has 0 aromatic heterocycles. The van der Waals surface area contributed by atoms with Crippen molar-refractivity contribution >= 4 is 47.8 Å². The molecule has 24 heteroatoms. The third kappa shape index (κ3) is 37.1. The zero-order valence-electron chi connectivity index (χ0n) is 69.8. The Bertz CT molecular complexity index is 2980. The van der Waals surface area contributed by atoms with E-state index in [2.05, 4.69) is 27.7 Å². The second kappa shape index (κ2) is 57.2. The molecule has 4 aromatic carbocycles. The molecule has 5 rings (SSSR count). The van der Waals surface area contributed by atoms with Crippen LogP contribution in [0.4, 0.5) is 0 Å².